The normalized spacial score (nSPS) is 18.4. The first kappa shape index (κ1) is 33.6. The van der Waals surface area contributed by atoms with Gasteiger partial charge in [0.25, 0.3) is 5.91 Å². The third-order valence-electron chi connectivity index (χ3n) is 8.60. The van der Waals surface area contributed by atoms with E-state index in [9.17, 15) is 45.1 Å². The summed E-state index contributed by atoms with van der Waals surface area (Å²) in [5.41, 5.74) is -3.08. The Hall–Kier alpha value is -5.30. The smallest absolute Gasteiger partial charge is 0.361 e. The fraction of sp³-hybridized carbons (Fsp3) is 0.194. The summed E-state index contributed by atoms with van der Waals surface area (Å²) in [4.78, 5) is 46.8. The molecule has 2 N–H and O–H groups in total. The number of carbonyl (C=O) groups excluding carboxylic acids is 3. The summed E-state index contributed by atoms with van der Waals surface area (Å²) >= 11 is 0. The van der Waals surface area contributed by atoms with E-state index in [2.05, 4.69) is 10.3 Å². The minimum absolute atomic E-state index is 0.0398. The number of rotatable bonds is 7. The number of Topliss-reactive ketones (excluding diaryl/α,β-unsaturated/α-hetero) is 2. The third-order valence-corrected chi connectivity index (χ3v) is 8.60. The number of para-hydroxylation sites is 1. The molecule has 3 atom stereocenters. The first-order chi connectivity index (χ1) is 23.3. The Morgan fingerprint density at radius 2 is 1.27 bits per heavy atom. The van der Waals surface area contributed by atoms with Crippen molar-refractivity contribution in [2.45, 2.75) is 36.9 Å². The number of hydrogen-bond acceptors (Lipinski definition) is 4. The molecule has 252 valence electrons. The molecule has 1 aliphatic heterocycles. The number of piperazine rings is 1. The number of carbonyl (C=O) groups is 3. The highest BCUT2D eigenvalue weighted by Crippen LogP contribution is 2.37. The van der Waals surface area contributed by atoms with Crippen LogP contribution in [0.5, 0.6) is 0 Å². The predicted octanol–water partition coefficient (Wildman–Crippen LogP) is 7.50. The van der Waals surface area contributed by atoms with Crippen LogP contribution in [0.3, 0.4) is 0 Å². The highest BCUT2D eigenvalue weighted by Gasteiger charge is 2.49. The number of benzene rings is 4. The molecule has 1 saturated heterocycles. The average molecular weight is 682 g/mol. The van der Waals surface area contributed by atoms with Crippen LogP contribution in [-0.2, 0) is 18.8 Å². The lowest BCUT2D eigenvalue weighted by Crippen LogP contribution is -2.69. The summed E-state index contributed by atoms with van der Waals surface area (Å²) in [6.07, 6.45) is -8.37. The lowest BCUT2D eigenvalue weighted by atomic mass is 9.84. The highest BCUT2D eigenvalue weighted by atomic mass is 19.4. The van der Waals surface area contributed by atoms with Gasteiger partial charge in [-0.05, 0) is 54.4 Å². The van der Waals surface area contributed by atoms with Gasteiger partial charge in [-0.1, -0.05) is 54.6 Å². The SMILES string of the molecule is O=C(c1ccccc1C(F)(F)F)C1CNC(Cc2c[nH]c3ccccc23)C(C(=O)c2ccccc2C(F)(F)F)N1C(=O)c1ccc(F)cc1. The van der Waals surface area contributed by atoms with Crippen molar-refractivity contribution in [2.75, 3.05) is 6.54 Å². The van der Waals surface area contributed by atoms with Crippen LogP contribution in [0.2, 0.25) is 0 Å². The zero-order valence-electron chi connectivity index (χ0n) is 25.3. The molecule has 4 aromatic carbocycles. The number of H-pyrrole nitrogens is 1. The maximum atomic E-state index is 14.5. The number of nitrogens with zero attached hydrogens (tertiary/aromatic N) is 1. The van der Waals surface area contributed by atoms with Gasteiger partial charge in [-0.25, -0.2) is 4.39 Å². The summed E-state index contributed by atoms with van der Waals surface area (Å²) < 4.78 is 98.8. The Labute approximate surface area is 274 Å². The van der Waals surface area contributed by atoms with Crippen molar-refractivity contribution in [3.63, 3.8) is 0 Å². The minimum Gasteiger partial charge on any atom is -0.361 e. The Balaban J connectivity index is 1.54. The first-order valence-corrected chi connectivity index (χ1v) is 15.0. The van der Waals surface area contributed by atoms with Crippen LogP contribution in [0.4, 0.5) is 30.7 Å². The van der Waals surface area contributed by atoms with Crippen molar-refractivity contribution in [2.24, 2.45) is 0 Å². The first-order valence-electron chi connectivity index (χ1n) is 15.0. The van der Waals surface area contributed by atoms with Crippen LogP contribution >= 0.6 is 0 Å². The number of aromatic amines is 1. The van der Waals surface area contributed by atoms with E-state index >= 15 is 0 Å². The molecular weight excluding hydrogens is 655 g/mol. The summed E-state index contributed by atoms with van der Waals surface area (Å²) in [7, 11) is 0. The summed E-state index contributed by atoms with van der Waals surface area (Å²) in [6.45, 7) is -0.449. The zero-order valence-corrected chi connectivity index (χ0v) is 25.3. The zero-order chi connectivity index (χ0) is 35.1. The lowest BCUT2D eigenvalue weighted by Gasteiger charge is -2.46. The van der Waals surface area contributed by atoms with Crippen LogP contribution in [0.25, 0.3) is 10.9 Å². The van der Waals surface area contributed by atoms with E-state index in [1.165, 1.54) is 12.1 Å². The minimum atomic E-state index is -4.99. The fourth-order valence-corrected chi connectivity index (χ4v) is 6.35. The molecule has 6 rings (SSSR count). The van der Waals surface area contributed by atoms with Crippen LogP contribution in [0.15, 0.2) is 103 Å². The Morgan fingerprint density at radius 1 is 0.714 bits per heavy atom. The highest BCUT2D eigenvalue weighted by molar-refractivity contribution is 6.10. The molecule has 0 saturated carbocycles. The van der Waals surface area contributed by atoms with Gasteiger partial charge in [0.05, 0.1) is 11.1 Å². The Bertz CT molecular complexity index is 2040. The van der Waals surface area contributed by atoms with E-state index in [4.69, 9.17) is 0 Å². The van der Waals surface area contributed by atoms with Crippen molar-refractivity contribution in [3.05, 3.63) is 142 Å². The Kier molecular flexibility index (Phi) is 8.88. The van der Waals surface area contributed by atoms with Crippen molar-refractivity contribution < 1.29 is 45.1 Å². The van der Waals surface area contributed by atoms with E-state index in [1.807, 2.05) is 0 Å². The van der Waals surface area contributed by atoms with Crippen LogP contribution in [0, 0.1) is 5.82 Å². The van der Waals surface area contributed by atoms with Gasteiger partial charge < -0.3 is 15.2 Å². The van der Waals surface area contributed by atoms with Gasteiger partial charge in [0.15, 0.2) is 11.6 Å². The molecule has 49 heavy (non-hydrogen) atoms. The number of nitrogens with one attached hydrogen (secondary N) is 2. The average Bonchev–Trinajstić information content (AvgIpc) is 3.49. The van der Waals surface area contributed by atoms with Gasteiger partial charge in [-0.3, -0.25) is 14.4 Å². The third kappa shape index (κ3) is 6.58. The number of aromatic nitrogens is 1. The van der Waals surface area contributed by atoms with E-state index in [-0.39, 0.29) is 12.0 Å². The molecule has 1 aliphatic rings. The van der Waals surface area contributed by atoms with Gasteiger partial charge in [-0.15, -0.1) is 0 Å². The van der Waals surface area contributed by atoms with Crippen molar-refractivity contribution in [1.29, 1.82) is 0 Å². The maximum Gasteiger partial charge on any atom is 0.417 e. The number of halogens is 7. The largest absolute Gasteiger partial charge is 0.417 e. The molecule has 5 aromatic rings. The molecule has 6 nitrogen and oxygen atoms in total. The number of hydrogen-bond donors (Lipinski definition) is 2. The lowest BCUT2D eigenvalue weighted by molar-refractivity contribution is -0.138. The summed E-state index contributed by atoms with van der Waals surface area (Å²) in [5, 5.41) is 3.74. The van der Waals surface area contributed by atoms with Gasteiger partial charge >= 0.3 is 12.4 Å². The second kappa shape index (κ2) is 13.0. The topological polar surface area (TPSA) is 82.3 Å². The predicted molar refractivity (Wildman–Crippen MR) is 165 cm³/mol. The number of ketones is 2. The number of alkyl halides is 6. The molecule has 0 spiro atoms. The maximum absolute atomic E-state index is 14.5. The van der Waals surface area contributed by atoms with Gasteiger partial charge in [0, 0.05) is 46.4 Å². The molecule has 0 bridgehead atoms. The number of fused-ring (bicyclic) bond motifs is 1. The van der Waals surface area contributed by atoms with E-state index < -0.39 is 82.6 Å². The molecule has 1 fully saturated rings. The standard InChI is InChI=1S/C36H26F7N3O3/c37-22-15-13-20(14-16-22)34(49)46-30(32(47)24-8-1-4-10-26(24)35(38,39)40)19-45-29(17-21-18-44-28-12-6-3-7-23(21)28)31(46)33(48)25-9-2-5-11-27(25)36(41,42)43/h1-16,18,29-31,44-45H,17,19H2. The van der Waals surface area contributed by atoms with Crippen molar-refractivity contribution >= 4 is 28.4 Å². The van der Waals surface area contributed by atoms with E-state index in [0.717, 1.165) is 64.3 Å². The molecular formula is C36H26F7N3O3. The van der Waals surface area contributed by atoms with Gasteiger partial charge in [-0.2, -0.15) is 26.3 Å². The quantitative estimate of drug-likeness (QED) is 0.138. The molecule has 0 radical (unpaired) electrons. The second-order valence-electron chi connectivity index (χ2n) is 11.6. The van der Waals surface area contributed by atoms with Crippen LogP contribution in [0.1, 0.15) is 47.8 Å². The van der Waals surface area contributed by atoms with Gasteiger partial charge in [0.1, 0.15) is 17.9 Å². The van der Waals surface area contributed by atoms with E-state index in [0.29, 0.717) is 17.7 Å². The van der Waals surface area contributed by atoms with Crippen LogP contribution in [-0.4, -0.2) is 52.0 Å². The van der Waals surface area contributed by atoms with Crippen molar-refractivity contribution in [1.82, 2.24) is 15.2 Å². The molecule has 1 aromatic heterocycles. The van der Waals surface area contributed by atoms with Gasteiger partial charge in [0.2, 0.25) is 0 Å². The number of amides is 1. The monoisotopic (exact) mass is 681 g/mol. The van der Waals surface area contributed by atoms with Crippen molar-refractivity contribution in [3.8, 4) is 0 Å². The molecule has 1 amide bonds. The molecule has 2 heterocycles. The summed E-state index contributed by atoms with van der Waals surface area (Å²) in [6, 6.07) is 14.2. The Morgan fingerprint density at radius 3 is 1.88 bits per heavy atom. The van der Waals surface area contributed by atoms with E-state index in [1.54, 1.807) is 30.5 Å². The second-order valence-corrected chi connectivity index (χ2v) is 11.6. The molecule has 0 aliphatic carbocycles. The fourth-order valence-electron chi connectivity index (χ4n) is 6.35. The molecule has 3 unspecified atom stereocenters. The van der Waals surface area contributed by atoms with Crippen LogP contribution < -0.4 is 5.32 Å². The molecule has 13 heteroatoms. The summed E-state index contributed by atoms with van der Waals surface area (Å²) in [5.74, 6) is -4.17.